The van der Waals surface area contributed by atoms with Crippen LogP contribution in [0, 0.1) is 6.92 Å². The van der Waals surface area contributed by atoms with E-state index in [1.54, 1.807) is 0 Å². The molecule has 0 amide bonds. The van der Waals surface area contributed by atoms with Crippen LogP contribution in [0.25, 0.3) is 0 Å². The summed E-state index contributed by atoms with van der Waals surface area (Å²) < 4.78 is 0. The summed E-state index contributed by atoms with van der Waals surface area (Å²) in [5.74, 6) is 1.81. The zero-order valence-corrected chi connectivity index (χ0v) is 15.1. The van der Waals surface area contributed by atoms with E-state index in [1.165, 1.54) is 16.7 Å². The minimum Gasteiger partial charge on any atom is -0.363 e. The van der Waals surface area contributed by atoms with Gasteiger partial charge in [-0.1, -0.05) is 60.7 Å². The number of aryl methyl sites for hydroxylation is 1. The van der Waals surface area contributed by atoms with Gasteiger partial charge in [0.25, 0.3) is 0 Å². The van der Waals surface area contributed by atoms with Gasteiger partial charge in [-0.2, -0.15) is 0 Å². The fraction of sp³-hybridized carbons (Fsp3) is 0.273. The van der Waals surface area contributed by atoms with Gasteiger partial charge in [-0.3, -0.25) is 0 Å². The highest BCUT2D eigenvalue weighted by Crippen LogP contribution is 2.27. The van der Waals surface area contributed by atoms with E-state index in [4.69, 9.17) is 4.98 Å². The van der Waals surface area contributed by atoms with Crippen LogP contribution in [-0.2, 0) is 19.4 Å². The van der Waals surface area contributed by atoms with Gasteiger partial charge in [-0.05, 0) is 37.4 Å². The lowest BCUT2D eigenvalue weighted by Gasteiger charge is -2.25. The van der Waals surface area contributed by atoms with Gasteiger partial charge >= 0.3 is 0 Å². The van der Waals surface area contributed by atoms with E-state index in [0.29, 0.717) is 0 Å². The van der Waals surface area contributed by atoms with Crippen molar-refractivity contribution in [1.82, 2.24) is 15.3 Å². The van der Waals surface area contributed by atoms with Crippen molar-refractivity contribution < 1.29 is 0 Å². The summed E-state index contributed by atoms with van der Waals surface area (Å²) in [5, 5.41) is 7.14. The van der Waals surface area contributed by atoms with Crippen LogP contribution >= 0.6 is 0 Å². The Bertz CT molecular complexity index is 862. The molecular formula is C22H24N4. The maximum absolute atomic E-state index is 4.74. The lowest BCUT2D eigenvalue weighted by molar-refractivity contribution is 0.618. The van der Waals surface area contributed by atoms with E-state index in [0.717, 1.165) is 43.3 Å². The highest BCUT2D eigenvalue weighted by atomic mass is 15.1. The number of hydrogen-bond acceptors (Lipinski definition) is 4. The molecule has 4 rings (SSSR count). The molecule has 2 heterocycles. The maximum atomic E-state index is 4.74. The average Bonchev–Trinajstić information content (AvgIpc) is 2.69. The van der Waals surface area contributed by atoms with E-state index < -0.39 is 0 Å². The quantitative estimate of drug-likeness (QED) is 0.739. The van der Waals surface area contributed by atoms with Crippen molar-refractivity contribution in [3.8, 4) is 0 Å². The lowest BCUT2D eigenvalue weighted by Crippen LogP contribution is -2.27. The summed E-state index contributed by atoms with van der Waals surface area (Å²) in [6.07, 6.45) is 1.88. The van der Waals surface area contributed by atoms with Crippen molar-refractivity contribution >= 4 is 5.82 Å². The minimum absolute atomic E-state index is 0.173. The van der Waals surface area contributed by atoms with Gasteiger partial charge < -0.3 is 10.6 Å². The number of benzene rings is 2. The zero-order chi connectivity index (χ0) is 17.8. The highest BCUT2D eigenvalue weighted by Gasteiger charge is 2.20. The molecule has 1 atom stereocenters. The van der Waals surface area contributed by atoms with E-state index in [1.807, 2.05) is 6.92 Å². The van der Waals surface area contributed by atoms with Crippen molar-refractivity contribution in [2.45, 2.75) is 32.4 Å². The molecule has 2 aromatic carbocycles. The Kier molecular flexibility index (Phi) is 4.93. The SMILES string of the molecule is Cc1nc2c(c(N[C@@H](Cc3ccccc3)c3ccccc3)n1)CCNC2. The number of fused-ring (bicyclic) bond motifs is 1. The second kappa shape index (κ2) is 7.67. The Hall–Kier alpha value is -2.72. The van der Waals surface area contributed by atoms with E-state index in [-0.39, 0.29) is 6.04 Å². The Morgan fingerprint density at radius 2 is 1.73 bits per heavy atom. The van der Waals surface area contributed by atoms with Gasteiger partial charge in [-0.25, -0.2) is 9.97 Å². The molecule has 0 bridgehead atoms. The van der Waals surface area contributed by atoms with Crippen molar-refractivity contribution in [2.24, 2.45) is 0 Å². The first-order valence-electron chi connectivity index (χ1n) is 9.22. The number of rotatable bonds is 5. The van der Waals surface area contributed by atoms with Crippen LogP contribution in [0.4, 0.5) is 5.82 Å². The number of hydrogen-bond donors (Lipinski definition) is 2. The topological polar surface area (TPSA) is 49.8 Å². The van der Waals surface area contributed by atoms with E-state index >= 15 is 0 Å². The van der Waals surface area contributed by atoms with Crippen LogP contribution in [0.2, 0.25) is 0 Å². The number of nitrogens with zero attached hydrogens (tertiary/aromatic N) is 2. The first-order chi connectivity index (χ1) is 12.8. The third-order valence-electron chi connectivity index (χ3n) is 4.84. The maximum Gasteiger partial charge on any atom is 0.133 e. The molecule has 4 nitrogen and oxygen atoms in total. The zero-order valence-electron chi connectivity index (χ0n) is 15.1. The number of aromatic nitrogens is 2. The largest absolute Gasteiger partial charge is 0.363 e. The Morgan fingerprint density at radius 1 is 1.00 bits per heavy atom. The van der Waals surface area contributed by atoms with Gasteiger partial charge in [0, 0.05) is 12.1 Å². The molecule has 0 radical (unpaired) electrons. The summed E-state index contributed by atoms with van der Waals surface area (Å²) >= 11 is 0. The molecule has 26 heavy (non-hydrogen) atoms. The van der Waals surface area contributed by atoms with Crippen LogP contribution in [-0.4, -0.2) is 16.5 Å². The second-order valence-electron chi connectivity index (χ2n) is 6.77. The molecule has 3 aromatic rings. The number of anilines is 1. The second-order valence-corrected chi connectivity index (χ2v) is 6.77. The van der Waals surface area contributed by atoms with Crippen LogP contribution in [0.3, 0.4) is 0 Å². The molecule has 0 unspecified atom stereocenters. The monoisotopic (exact) mass is 344 g/mol. The average molecular weight is 344 g/mol. The normalized spacial score (nSPS) is 14.5. The summed E-state index contributed by atoms with van der Waals surface area (Å²) in [6, 6.07) is 21.4. The highest BCUT2D eigenvalue weighted by molar-refractivity contribution is 5.50. The van der Waals surface area contributed by atoms with E-state index in [9.17, 15) is 0 Å². The van der Waals surface area contributed by atoms with Crippen LogP contribution in [0.1, 0.15) is 34.3 Å². The molecule has 4 heteroatoms. The number of nitrogens with one attached hydrogen (secondary N) is 2. The molecule has 132 valence electrons. The smallest absolute Gasteiger partial charge is 0.133 e. The van der Waals surface area contributed by atoms with Crippen LogP contribution < -0.4 is 10.6 Å². The predicted octanol–water partition coefficient (Wildman–Crippen LogP) is 3.83. The molecule has 1 aliphatic rings. The van der Waals surface area contributed by atoms with Gasteiger partial charge in [0.2, 0.25) is 0 Å². The summed E-state index contributed by atoms with van der Waals surface area (Å²) in [4.78, 5) is 9.37. The summed E-state index contributed by atoms with van der Waals surface area (Å²) in [5.41, 5.74) is 4.96. The van der Waals surface area contributed by atoms with Crippen molar-refractivity contribution in [3.05, 3.63) is 88.9 Å². The van der Waals surface area contributed by atoms with Crippen LogP contribution in [0.5, 0.6) is 0 Å². The summed E-state index contributed by atoms with van der Waals surface area (Å²) in [6.45, 7) is 3.76. The van der Waals surface area contributed by atoms with Gasteiger partial charge in [-0.15, -0.1) is 0 Å². The first-order valence-corrected chi connectivity index (χ1v) is 9.22. The first kappa shape index (κ1) is 16.7. The third-order valence-corrected chi connectivity index (χ3v) is 4.84. The Morgan fingerprint density at radius 3 is 2.50 bits per heavy atom. The van der Waals surface area contributed by atoms with Crippen molar-refractivity contribution in [1.29, 1.82) is 0 Å². The molecule has 0 saturated carbocycles. The minimum atomic E-state index is 0.173. The molecule has 0 saturated heterocycles. The van der Waals surface area contributed by atoms with Crippen LogP contribution in [0.15, 0.2) is 60.7 Å². The predicted molar refractivity (Wildman–Crippen MR) is 105 cm³/mol. The molecule has 1 aliphatic heterocycles. The van der Waals surface area contributed by atoms with Gasteiger partial charge in [0.1, 0.15) is 11.6 Å². The Balaban J connectivity index is 1.68. The molecule has 0 spiro atoms. The summed E-state index contributed by atoms with van der Waals surface area (Å²) in [7, 11) is 0. The Labute approximate surface area is 154 Å². The van der Waals surface area contributed by atoms with Crippen molar-refractivity contribution in [2.75, 3.05) is 11.9 Å². The molecular weight excluding hydrogens is 320 g/mol. The lowest BCUT2D eigenvalue weighted by atomic mass is 9.98. The van der Waals surface area contributed by atoms with Crippen molar-refractivity contribution in [3.63, 3.8) is 0 Å². The molecule has 0 fully saturated rings. The standard InChI is InChI=1S/C22H24N4/c1-16-24-21-15-23-13-12-19(21)22(25-16)26-20(18-10-6-3-7-11-18)14-17-8-4-2-5-9-17/h2-11,20,23H,12-15H2,1H3,(H,24,25,26)/t20-/m0/s1. The molecule has 1 aromatic heterocycles. The van der Waals surface area contributed by atoms with E-state index in [2.05, 4.69) is 76.3 Å². The third kappa shape index (κ3) is 3.75. The molecule has 0 aliphatic carbocycles. The fourth-order valence-electron chi connectivity index (χ4n) is 3.55. The molecule has 2 N–H and O–H groups in total. The fourth-order valence-corrected chi connectivity index (χ4v) is 3.55. The van der Waals surface area contributed by atoms with Gasteiger partial charge in [0.05, 0.1) is 11.7 Å². The van der Waals surface area contributed by atoms with Gasteiger partial charge in [0.15, 0.2) is 0 Å².